The second-order valence-electron chi connectivity index (χ2n) is 2.66. The van der Waals surface area contributed by atoms with Gasteiger partial charge in [-0.1, -0.05) is 0 Å². The Morgan fingerprint density at radius 2 is 2.33 bits per heavy atom. The van der Waals surface area contributed by atoms with Crippen LogP contribution in [0.5, 0.6) is 0 Å². The first kappa shape index (κ1) is 9.06. The standard InChI is InChI=1S/C7H4N4O4/c12-7(13)5-6(11(14)15)4-2-1-3-8-10(4)9-5/h1-3H,(H,12,13). The molecule has 0 aromatic carbocycles. The van der Waals surface area contributed by atoms with Gasteiger partial charge < -0.3 is 5.11 Å². The summed E-state index contributed by atoms with van der Waals surface area (Å²) < 4.78 is 0.918. The van der Waals surface area contributed by atoms with Gasteiger partial charge in [-0.05, 0) is 12.1 Å². The molecule has 0 amide bonds. The summed E-state index contributed by atoms with van der Waals surface area (Å²) in [6.45, 7) is 0. The molecule has 8 heteroatoms. The van der Waals surface area contributed by atoms with Crippen LogP contribution in [0.15, 0.2) is 18.3 Å². The van der Waals surface area contributed by atoms with Crippen LogP contribution in [0.3, 0.4) is 0 Å². The van der Waals surface area contributed by atoms with Crippen molar-refractivity contribution in [2.75, 3.05) is 0 Å². The molecule has 15 heavy (non-hydrogen) atoms. The zero-order valence-corrected chi connectivity index (χ0v) is 7.19. The average molecular weight is 208 g/mol. The number of carboxylic acid groups (broad SMARTS) is 1. The quantitative estimate of drug-likeness (QED) is 0.562. The summed E-state index contributed by atoms with van der Waals surface area (Å²) in [7, 11) is 0. The van der Waals surface area contributed by atoms with Gasteiger partial charge in [0.2, 0.25) is 5.69 Å². The lowest BCUT2D eigenvalue weighted by atomic mass is 10.3. The molecule has 0 aliphatic heterocycles. The van der Waals surface area contributed by atoms with E-state index in [0.717, 1.165) is 4.63 Å². The van der Waals surface area contributed by atoms with E-state index in [2.05, 4.69) is 10.2 Å². The number of hydrogen-bond acceptors (Lipinski definition) is 5. The molecule has 0 atom stereocenters. The average Bonchev–Trinajstić information content (AvgIpc) is 2.56. The van der Waals surface area contributed by atoms with Gasteiger partial charge in [-0.15, -0.1) is 9.73 Å². The smallest absolute Gasteiger partial charge is 0.363 e. The first-order valence-electron chi connectivity index (χ1n) is 3.83. The van der Waals surface area contributed by atoms with Gasteiger partial charge in [0.15, 0.2) is 5.52 Å². The van der Waals surface area contributed by atoms with E-state index in [4.69, 9.17) is 5.11 Å². The van der Waals surface area contributed by atoms with E-state index >= 15 is 0 Å². The van der Waals surface area contributed by atoms with E-state index in [0.29, 0.717) is 0 Å². The van der Waals surface area contributed by atoms with Crippen molar-refractivity contribution in [2.45, 2.75) is 0 Å². The van der Waals surface area contributed by atoms with Gasteiger partial charge in [0, 0.05) is 6.20 Å². The zero-order valence-electron chi connectivity index (χ0n) is 7.19. The molecule has 2 aromatic rings. The van der Waals surface area contributed by atoms with Crippen LogP contribution in [0, 0.1) is 10.1 Å². The Balaban J connectivity index is 2.86. The van der Waals surface area contributed by atoms with Crippen molar-refractivity contribution < 1.29 is 14.8 Å². The fourth-order valence-corrected chi connectivity index (χ4v) is 1.21. The summed E-state index contributed by atoms with van der Waals surface area (Å²) in [5.74, 6) is -1.45. The third-order valence-electron chi connectivity index (χ3n) is 1.78. The molecule has 8 nitrogen and oxygen atoms in total. The molecule has 2 heterocycles. The first-order chi connectivity index (χ1) is 7.11. The molecule has 2 rings (SSSR count). The molecule has 0 aliphatic rings. The maximum absolute atomic E-state index is 10.7. The van der Waals surface area contributed by atoms with Crippen molar-refractivity contribution >= 4 is 17.2 Å². The van der Waals surface area contributed by atoms with Gasteiger partial charge >= 0.3 is 11.7 Å². The van der Waals surface area contributed by atoms with Crippen molar-refractivity contribution in [1.29, 1.82) is 0 Å². The number of rotatable bonds is 2. The Labute approximate surface area is 81.9 Å². The Morgan fingerprint density at radius 1 is 1.60 bits per heavy atom. The minimum atomic E-state index is -1.45. The lowest BCUT2D eigenvalue weighted by Crippen LogP contribution is -2.01. The molecule has 1 N–H and O–H groups in total. The highest BCUT2D eigenvalue weighted by Gasteiger charge is 2.28. The van der Waals surface area contributed by atoms with Crippen molar-refractivity contribution in [2.24, 2.45) is 0 Å². The summed E-state index contributed by atoms with van der Waals surface area (Å²) in [5, 5.41) is 26.5. The molecule has 0 saturated heterocycles. The second-order valence-corrected chi connectivity index (χ2v) is 2.66. The number of hydrogen-bond donors (Lipinski definition) is 1. The molecule has 0 fully saturated rings. The maximum Gasteiger partial charge on any atom is 0.363 e. The second kappa shape index (κ2) is 3.01. The fraction of sp³-hybridized carbons (Fsp3) is 0. The molecule has 2 aromatic heterocycles. The van der Waals surface area contributed by atoms with Crippen LogP contribution in [-0.4, -0.2) is 30.8 Å². The lowest BCUT2D eigenvalue weighted by Gasteiger charge is -1.88. The van der Waals surface area contributed by atoms with E-state index in [1.54, 1.807) is 0 Å². The van der Waals surface area contributed by atoms with Crippen molar-refractivity contribution in [1.82, 2.24) is 14.8 Å². The minimum Gasteiger partial charge on any atom is -0.476 e. The van der Waals surface area contributed by atoms with Crippen LogP contribution in [0.4, 0.5) is 5.69 Å². The SMILES string of the molecule is O=C(O)c1nn2ncccc2c1[N+](=O)[O-]. The summed E-state index contributed by atoms with van der Waals surface area (Å²) >= 11 is 0. The Bertz CT molecular complexity index is 561. The van der Waals surface area contributed by atoms with E-state index < -0.39 is 22.3 Å². The predicted octanol–water partition coefficient (Wildman–Crippen LogP) is 0.336. The highest BCUT2D eigenvalue weighted by Crippen LogP contribution is 2.23. The molecule has 0 bridgehead atoms. The van der Waals surface area contributed by atoms with Crippen LogP contribution in [0.1, 0.15) is 10.5 Å². The molecule has 0 aliphatic carbocycles. The van der Waals surface area contributed by atoms with E-state index in [9.17, 15) is 14.9 Å². The molecule has 0 spiro atoms. The van der Waals surface area contributed by atoms with E-state index in [-0.39, 0.29) is 5.52 Å². The van der Waals surface area contributed by atoms with Crippen LogP contribution < -0.4 is 0 Å². The van der Waals surface area contributed by atoms with Crippen molar-refractivity contribution in [3.05, 3.63) is 34.1 Å². The normalized spacial score (nSPS) is 10.4. The fourth-order valence-electron chi connectivity index (χ4n) is 1.21. The van der Waals surface area contributed by atoms with Crippen molar-refractivity contribution in [3.63, 3.8) is 0 Å². The van der Waals surface area contributed by atoms with Crippen molar-refractivity contribution in [3.8, 4) is 0 Å². The number of nitrogens with zero attached hydrogens (tertiary/aromatic N) is 4. The topological polar surface area (TPSA) is 111 Å². The molecule has 0 unspecified atom stereocenters. The van der Waals surface area contributed by atoms with Gasteiger partial charge in [0.05, 0.1) is 4.92 Å². The molecular weight excluding hydrogens is 204 g/mol. The van der Waals surface area contributed by atoms with Gasteiger partial charge in [-0.25, -0.2) is 4.79 Å². The number of aromatic nitrogens is 3. The van der Waals surface area contributed by atoms with Crippen LogP contribution in [0.2, 0.25) is 0 Å². The van der Waals surface area contributed by atoms with Gasteiger partial charge in [-0.3, -0.25) is 10.1 Å². The highest BCUT2D eigenvalue weighted by molar-refractivity contribution is 5.94. The van der Waals surface area contributed by atoms with E-state index in [1.807, 2.05) is 0 Å². The number of nitro groups is 1. The number of fused-ring (bicyclic) bond motifs is 1. The van der Waals surface area contributed by atoms with Crippen LogP contribution >= 0.6 is 0 Å². The Kier molecular flexibility index (Phi) is 1.82. The maximum atomic E-state index is 10.7. The first-order valence-corrected chi connectivity index (χ1v) is 3.83. The van der Waals surface area contributed by atoms with Gasteiger partial charge in [0.25, 0.3) is 0 Å². The minimum absolute atomic E-state index is 0.0555. The van der Waals surface area contributed by atoms with Gasteiger partial charge in [-0.2, -0.15) is 5.10 Å². The molecular formula is C7H4N4O4. The Morgan fingerprint density at radius 3 is 2.93 bits per heavy atom. The molecule has 0 radical (unpaired) electrons. The number of aromatic carboxylic acids is 1. The Hall–Kier alpha value is -2.51. The number of carbonyl (C=O) groups is 1. The highest BCUT2D eigenvalue weighted by atomic mass is 16.6. The lowest BCUT2D eigenvalue weighted by molar-refractivity contribution is -0.383. The van der Waals surface area contributed by atoms with E-state index in [1.165, 1.54) is 18.3 Å². The summed E-state index contributed by atoms with van der Waals surface area (Å²) in [4.78, 5) is 20.6. The third kappa shape index (κ3) is 1.27. The molecule has 0 saturated carbocycles. The van der Waals surface area contributed by atoms with Gasteiger partial charge in [0.1, 0.15) is 0 Å². The molecule has 76 valence electrons. The summed E-state index contributed by atoms with van der Waals surface area (Å²) in [6.07, 6.45) is 1.36. The van der Waals surface area contributed by atoms with Crippen LogP contribution in [0.25, 0.3) is 5.52 Å². The van der Waals surface area contributed by atoms with Crippen LogP contribution in [-0.2, 0) is 0 Å². The monoisotopic (exact) mass is 208 g/mol. The number of carboxylic acids is 1. The third-order valence-corrected chi connectivity index (χ3v) is 1.78. The summed E-state index contributed by atoms with van der Waals surface area (Å²) in [6, 6.07) is 2.85. The zero-order chi connectivity index (χ0) is 11.0. The largest absolute Gasteiger partial charge is 0.476 e. The summed E-state index contributed by atoms with van der Waals surface area (Å²) in [5.41, 5.74) is -1.10. The predicted molar refractivity (Wildman–Crippen MR) is 46.6 cm³/mol.